The van der Waals surface area contributed by atoms with Gasteiger partial charge in [0.25, 0.3) is 17.7 Å². The number of aryl methyl sites for hydroxylation is 1. The molecule has 2 amide bonds. The molecule has 3 heterocycles. The lowest BCUT2D eigenvalue weighted by Gasteiger charge is -2.30. The maximum absolute atomic E-state index is 10.8. The van der Waals surface area contributed by atoms with Gasteiger partial charge in [0.05, 0.1) is 6.20 Å². The van der Waals surface area contributed by atoms with Gasteiger partial charge in [0, 0.05) is 39.3 Å². The highest BCUT2D eigenvalue weighted by Crippen LogP contribution is 2.07. The molecule has 0 spiro atoms. The van der Waals surface area contributed by atoms with E-state index in [1.807, 2.05) is 7.05 Å². The van der Waals surface area contributed by atoms with Crippen LogP contribution < -0.4 is 0 Å². The van der Waals surface area contributed by atoms with E-state index in [0.29, 0.717) is 37.7 Å². The lowest BCUT2D eigenvalue weighted by molar-refractivity contribution is -0.139. The van der Waals surface area contributed by atoms with Crippen LogP contribution in [0.25, 0.3) is 0 Å². The fourth-order valence-corrected chi connectivity index (χ4v) is 2.72. The van der Waals surface area contributed by atoms with Gasteiger partial charge in [-0.25, -0.2) is 4.98 Å². The molecule has 0 atom stereocenters. The molecule has 0 bridgehead atoms. The Morgan fingerprint density at radius 3 is 1.77 bits per heavy atom. The number of oxazole rings is 1. The molecule has 0 aliphatic carbocycles. The quantitative estimate of drug-likeness (QED) is 0.510. The van der Waals surface area contributed by atoms with Gasteiger partial charge in [0.15, 0.2) is 0 Å². The van der Waals surface area contributed by atoms with Crippen molar-refractivity contribution in [1.29, 1.82) is 0 Å². The van der Waals surface area contributed by atoms with Gasteiger partial charge in [0.1, 0.15) is 5.76 Å². The van der Waals surface area contributed by atoms with Crippen LogP contribution in [0.4, 0.5) is 0 Å². The summed E-state index contributed by atoms with van der Waals surface area (Å²) in [6.07, 6.45) is 6.12. The Labute approximate surface area is 177 Å². The Kier molecular flexibility index (Phi) is 13.6. The molecule has 0 aromatic carbocycles. The fourth-order valence-electron chi connectivity index (χ4n) is 2.72. The largest absolute Gasteiger partial charge is 0.439 e. The van der Waals surface area contributed by atoms with Crippen molar-refractivity contribution in [2.24, 2.45) is 0 Å². The van der Waals surface area contributed by atoms with Crippen LogP contribution in [-0.2, 0) is 19.2 Å². The lowest BCUT2D eigenvalue weighted by atomic mass is 10.1. The zero-order chi connectivity index (χ0) is 21.6. The van der Waals surface area contributed by atoms with Crippen LogP contribution in [0, 0.1) is 6.92 Å². The molecule has 2 aliphatic heterocycles. The number of likely N-dealkylation sites (N-methyl/N-ethyl adjacent to an activating group) is 1. The zero-order valence-electron chi connectivity index (χ0n) is 16.9. The highest BCUT2D eigenvalue weighted by molar-refractivity contribution is 6.23. The van der Waals surface area contributed by atoms with E-state index in [1.54, 1.807) is 16.7 Å². The SMILES string of the molecule is C.CN1CCN(C(=O)C=O)CC1.Cc1cnc(C=O)o1.O=CC(=O)N1CCCCC1. The normalized spacial score (nSPS) is 15.9. The zero-order valence-corrected chi connectivity index (χ0v) is 16.9. The summed E-state index contributed by atoms with van der Waals surface area (Å²) in [5, 5.41) is 0. The molecule has 0 saturated carbocycles. The van der Waals surface area contributed by atoms with Crippen LogP contribution in [-0.4, -0.2) is 96.7 Å². The lowest BCUT2D eigenvalue weighted by Crippen LogP contribution is -2.47. The van der Waals surface area contributed by atoms with E-state index in [0.717, 1.165) is 39.0 Å². The number of amides is 2. The number of piperidine rings is 1. The van der Waals surface area contributed by atoms with E-state index in [9.17, 15) is 24.0 Å². The Hall–Kier alpha value is -2.88. The van der Waals surface area contributed by atoms with Crippen molar-refractivity contribution in [3.63, 3.8) is 0 Å². The summed E-state index contributed by atoms with van der Waals surface area (Å²) >= 11 is 0. The first-order valence-corrected chi connectivity index (χ1v) is 9.45. The summed E-state index contributed by atoms with van der Waals surface area (Å²) < 4.78 is 4.75. The van der Waals surface area contributed by atoms with Crippen LogP contribution in [0.15, 0.2) is 10.6 Å². The van der Waals surface area contributed by atoms with E-state index in [2.05, 4.69) is 9.88 Å². The summed E-state index contributed by atoms with van der Waals surface area (Å²) in [7, 11) is 2.00. The molecule has 3 rings (SSSR count). The second-order valence-corrected chi connectivity index (χ2v) is 6.68. The maximum Gasteiger partial charge on any atom is 0.286 e. The number of likely N-dealkylation sites (tertiary alicyclic amines) is 1. The highest BCUT2D eigenvalue weighted by atomic mass is 16.4. The number of nitrogens with zero attached hydrogens (tertiary/aromatic N) is 4. The first-order valence-electron chi connectivity index (χ1n) is 9.45. The monoisotopic (exact) mass is 424 g/mol. The number of piperazine rings is 1. The molecule has 30 heavy (non-hydrogen) atoms. The number of aldehydes is 3. The van der Waals surface area contributed by atoms with Gasteiger partial charge in [0.2, 0.25) is 18.9 Å². The molecule has 10 heteroatoms. The Balaban J connectivity index is 0.000000418. The molecule has 0 unspecified atom stereocenters. The average molecular weight is 424 g/mol. The van der Waals surface area contributed by atoms with Crippen molar-refractivity contribution in [1.82, 2.24) is 19.7 Å². The minimum Gasteiger partial charge on any atom is -0.439 e. The Morgan fingerprint density at radius 1 is 0.900 bits per heavy atom. The molecule has 0 radical (unpaired) electrons. The predicted octanol–water partition coefficient (Wildman–Crippen LogP) is 0.589. The van der Waals surface area contributed by atoms with E-state index in [-0.39, 0.29) is 19.2 Å². The molecular weight excluding hydrogens is 392 g/mol. The van der Waals surface area contributed by atoms with Gasteiger partial charge in [-0.1, -0.05) is 7.43 Å². The van der Waals surface area contributed by atoms with Crippen molar-refractivity contribution in [2.75, 3.05) is 46.3 Å². The first-order chi connectivity index (χ1) is 13.9. The smallest absolute Gasteiger partial charge is 0.286 e. The van der Waals surface area contributed by atoms with Gasteiger partial charge in [-0.3, -0.25) is 24.0 Å². The van der Waals surface area contributed by atoms with Gasteiger partial charge in [-0.05, 0) is 33.2 Å². The third kappa shape index (κ3) is 10.1. The third-order valence-electron chi connectivity index (χ3n) is 4.42. The number of rotatable bonds is 3. The van der Waals surface area contributed by atoms with E-state index in [4.69, 9.17) is 4.42 Å². The molecule has 1 aromatic rings. The highest BCUT2D eigenvalue weighted by Gasteiger charge is 2.17. The standard InChI is InChI=1S/C7H12N2O2.C7H11NO2.C5H5NO2.CH4/c1-8-2-4-9(5-3-8)7(11)6-10;9-6-7(10)8-4-2-1-3-5-8;1-4-2-6-5(3-7)8-4;/h6H,2-5H2,1H3;6H,1-5H2;2-3H,1H3;1H4. The second kappa shape index (κ2) is 15.0. The van der Waals surface area contributed by atoms with E-state index >= 15 is 0 Å². The van der Waals surface area contributed by atoms with Crippen molar-refractivity contribution >= 4 is 30.7 Å². The minimum absolute atomic E-state index is 0. The minimum atomic E-state index is -0.391. The number of hydrogen-bond donors (Lipinski definition) is 0. The number of carbonyl (C=O) groups excluding carboxylic acids is 5. The van der Waals surface area contributed by atoms with Crippen LogP contribution in [0.1, 0.15) is 43.1 Å². The van der Waals surface area contributed by atoms with Crippen LogP contribution in [0.2, 0.25) is 0 Å². The molecule has 168 valence electrons. The fraction of sp³-hybridized carbons (Fsp3) is 0.600. The molecule has 2 aliphatic rings. The van der Waals surface area contributed by atoms with Crippen molar-refractivity contribution < 1.29 is 28.4 Å². The van der Waals surface area contributed by atoms with Gasteiger partial charge < -0.3 is 19.1 Å². The first kappa shape index (κ1) is 27.1. The number of aromatic nitrogens is 1. The van der Waals surface area contributed by atoms with Crippen molar-refractivity contribution in [3.8, 4) is 0 Å². The van der Waals surface area contributed by atoms with Gasteiger partial charge in [-0.2, -0.15) is 0 Å². The Morgan fingerprint density at radius 2 is 1.40 bits per heavy atom. The topological polar surface area (TPSA) is 121 Å². The summed E-state index contributed by atoms with van der Waals surface area (Å²) in [5.41, 5.74) is 0. The Bertz CT molecular complexity index is 677. The molecule has 2 saturated heterocycles. The van der Waals surface area contributed by atoms with Crippen molar-refractivity contribution in [2.45, 2.75) is 33.6 Å². The van der Waals surface area contributed by atoms with Crippen LogP contribution >= 0.6 is 0 Å². The summed E-state index contributed by atoms with van der Waals surface area (Å²) in [4.78, 5) is 60.4. The second-order valence-electron chi connectivity index (χ2n) is 6.68. The van der Waals surface area contributed by atoms with Gasteiger partial charge in [-0.15, -0.1) is 0 Å². The summed E-state index contributed by atoms with van der Waals surface area (Å²) in [5.74, 6) is 0.0485. The predicted molar refractivity (Wildman–Crippen MR) is 110 cm³/mol. The van der Waals surface area contributed by atoms with Gasteiger partial charge >= 0.3 is 0 Å². The van der Waals surface area contributed by atoms with E-state index in [1.165, 1.54) is 12.6 Å². The average Bonchev–Trinajstić information content (AvgIpc) is 3.20. The molecule has 0 N–H and O–H groups in total. The molecule has 1 aromatic heterocycles. The summed E-state index contributed by atoms with van der Waals surface area (Å²) in [6, 6.07) is 0. The maximum atomic E-state index is 10.8. The molecular formula is C20H32N4O6. The van der Waals surface area contributed by atoms with Crippen LogP contribution in [0.3, 0.4) is 0 Å². The van der Waals surface area contributed by atoms with Crippen molar-refractivity contribution in [3.05, 3.63) is 17.8 Å². The van der Waals surface area contributed by atoms with Crippen LogP contribution in [0.5, 0.6) is 0 Å². The molecule has 2 fully saturated rings. The third-order valence-corrected chi connectivity index (χ3v) is 4.42. The number of hydrogen-bond acceptors (Lipinski definition) is 8. The number of carbonyl (C=O) groups is 5. The molecule has 10 nitrogen and oxygen atoms in total. The summed E-state index contributed by atoms with van der Waals surface area (Å²) in [6.45, 7) is 6.33. The van der Waals surface area contributed by atoms with E-state index < -0.39 is 5.91 Å².